The van der Waals surface area contributed by atoms with Crippen LogP contribution in [0.1, 0.15) is 25.7 Å². The van der Waals surface area contributed by atoms with Gasteiger partial charge in [-0.2, -0.15) is 5.10 Å². The Balaban J connectivity index is 0.00000196. The first kappa shape index (κ1) is 20.3. The minimum Gasteiger partial charge on any atom is -0.506 e. The summed E-state index contributed by atoms with van der Waals surface area (Å²) < 4.78 is 0. The van der Waals surface area contributed by atoms with Crippen LogP contribution in [0, 0.1) is 5.41 Å². The lowest BCUT2D eigenvalue weighted by atomic mass is 9.70. The molecule has 0 aliphatic carbocycles. The lowest BCUT2D eigenvalue weighted by Crippen LogP contribution is -2.62. The van der Waals surface area contributed by atoms with E-state index in [-0.39, 0.29) is 18.2 Å². The maximum Gasteiger partial charge on any atom is 0.188 e. The first-order valence-corrected chi connectivity index (χ1v) is 12.2. The number of aromatic nitrogens is 5. The van der Waals surface area contributed by atoms with Gasteiger partial charge in [-0.15, -0.1) is 12.4 Å². The highest BCUT2D eigenvalue weighted by Crippen LogP contribution is 2.49. The molecule has 2 bridgehead atoms. The van der Waals surface area contributed by atoms with E-state index in [1.807, 2.05) is 0 Å². The molecule has 0 aromatic carbocycles. The van der Waals surface area contributed by atoms with Crippen molar-refractivity contribution in [1.82, 2.24) is 30.5 Å². The van der Waals surface area contributed by atoms with Crippen molar-refractivity contribution in [2.75, 3.05) is 18.0 Å². The number of halogens is 1. The maximum absolute atomic E-state index is 10.5. The third-order valence-electron chi connectivity index (χ3n) is 6.88. The highest BCUT2D eigenvalue weighted by molar-refractivity contribution is 7.29. The SMILES string of the molecule is Cl.Oc1cc(-c2cn[nH]c2)cnc1-c1nc2sc(N3CC4(CC5CCC(C4)N5)C3)nc2s1. The van der Waals surface area contributed by atoms with Crippen LogP contribution in [0.3, 0.4) is 0 Å². The number of aromatic amines is 1. The van der Waals surface area contributed by atoms with Gasteiger partial charge in [0.2, 0.25) is 0 Å². The highest BCUT2D eigenvalue weighted by Gasteiger charge is 2.51. The number of fused-ring (bicyclic) bond motifs is 3. The lowest BCUT2D eigenvalue weighted by Gasteiger charge is -2.54. The molecule has 8 nitrogen and oxygen atoms in total. The van der Waals surface area contributed by atoms with E-state index in [0.717, 1.165) is 51.1 Å². The molecule has 3 aliphatic heterocycles. The number of hydrogen-bond donors (Lipinski definition) is 3. The molecule has 0 saturated carbocycles. The van der Waals surface area contributed by atoms with Gasteiger partial charge in [0.25, 0.3) is 0 Å². The van der Waals surface area contributed by atoms with Crippen LogP contribution < -0.4 is 10.2 Å². The van der Waals surface area contributed by atoms with E-state index in [9.17, 15) is 5.11 Å². The Morgan fingerprint density at radius 1 is 1.03 bits per heavy atom. The molecule has 0 amide bonds. The fourth-order valence-electron chi connectivity index (χ4n) is 5.56. The van der Waals surface area contributed by atoms with Crippen molar-refractivity contribution < 1.29 is 5.11 Å². The third-order valence-corrected chi connectivity index (χ3v) is 8.98. The van der Waals surface area contributed by atoms with Crippen molar-refractivity contribution in [2.45, 2.75) is 37.8 Å². The molecule has 3 fully saturated rings. The molecule has 2 atom stereocenters. The molecule has 32 heavy (non-hydrogen) atoms. The van der Waals surface area contributed by atoms with E-state index in [0.29, 0.717) is 16.1 Å². The van der Waals surface area contributed by atoms with Crippen LogP contribution >= 0.6 is 35.1 Å². The molecule has 11 heteroatoms. The maximum atomic E-state index is 10.5. The molecule has 166 valence electrons. The van der Waals surface area contributed by atoms with Crippen molar-refractivity contribution in [1.29, 1.82) is 0 Å². The molecule has 2 unspecified atom stereocenters. The number of nitrogens with one attached hydrogen (secondary N) is 2. The molecule has 7 heterocycles. The van der Waals surface area contributed by atoms with Crippen LogP contribution in [0.25, 0.3) is 31.5 Å². The summed E-state index contributed by atoms with van der Waals surface area (Å²) in [6.07, 6.45) is 10.5. The molecule has 4 aromatic heterocycles. The molecule has 4 aromatic rings. The Kier molecular flexibility index (Phi) is 4.69. The fourth-order valence-corrected chi connectivity index (χ4v) is 7.61. The zero-order valence-electron chi connectivity index (χ0n) is 17.1. The van der Waals surface area contributed by atoms with E-state index >= 15 is 0 Å². The van der Waals surface area contributed by atoms with Crippen LogP contribution in [0.5, 0.6) is 5.75 Å². The summed E-state index contributed by atoms with van der Waals surface area (Å²) in [5.74, 6) is 0.116. The Labute approximate surface area is 198 Å². The number of hydrogen-bond acceptors (Lipinski definition) is 9. The quantitative estimate of drug-likeness (QED) is 0.400. The second-order valence-corrected chi connectivity index (χ2v) is 11.0. The van der Waals surface area contributed by atoms with Crippen LogP contribution in [-0.4, -0.2) is 55.4 Å². The number of pyridine rings is 1. The van der Waals surface area contributed by atoms with Gasteiger partial charge in [-0.3, -0.25) is 5.10 Å². The molecule has 1 spiro atoms. The first-order chi connectivity index (χ1) is 15.1. The van der Waals surface area contributed by atoms with Crippen LogP contribution in [0.4, 0.5) is 5.13 Å². The van der Waals surface area contributed by atoms with Gasteiger partial charge in [-0.1, -0.05) is 22.7 Å². The normalized spacial score (nSPS) is 23.4. The summed E-state index contributed by atoms with van der Waals surface area (Å²) in [6.45, 7) is 2.24. The Hall–Kier alpha value is -2.27. The number of piperidine rings is 1. The Morgan fingerprint density at radius 2 is 1.81 bits per heavy atom. The monoisotopic (exact) mass is 487 g/mol. The van der Waals surface area contributed by atoms with E-state index in [4.69, 9.17) is 9.97 Å². The van der Waals surface area contributed by atoms with Gasteiger partial charge in [-0.25, -0.2) is 15.0 Å². The summed E-state index contributed by atoms with van der Waals surface area (Å²) in [5.41, 5.74) is 2.68. The number of thiazole rings is 2. The second-order valence-electron chi connectivity index (χ2n) is 9.11. The number of aromatic hydroxyl groups is 1. The molecular weight excluding hydrogens is 466 g/mol. The largest absolute Gasteiger partial charge is 0.506 e. The van der Waals surface area contributed by atoms with Gasteiger partial charge in [0.1, 0.15) is 16.5 Å². The van der Waals surface area contributed by atoms with E-state index in [1.54, 1.807) is 36.0 Å². The lowest BCUT2D eigenvalue weighted by molar-refractivity contribution is 0.116. The molecule has 0 radical (unpaired) electrons. The summed E-state index contributed by atoms with van der Waals surface area (Å²) in [7, 11) is 0. The van der Waals surface area contributed by atoms with Gasteiger partial charge in [0, 0.05) is 54.1 Å². The van der Waals surface area contributed by atoms with E-state index < -0.39 is 0 Å². The van der Waals surface area contributed by atoms with Crippen LogP contribution in [0.15, 0.2) is 24.7 Å². The van der Waals surface area contributed by atoms with Crippen LogP contribution in [0.2, 0.25) is 0 Å². The smallest absolute Gasteiger partial charge is 0.188 e. The minimum absolute atomic E-state index is 0. The fraction of sp³-hybridized carbons (Fsp3) is 0.429. The average molecular weight is 488 g/mol. The standard InChI is InChI=1S/C21H21N7OS2.ClH/c29-15-3-11(12-7-23-24-8-12)6-22-16(15)17-26-18-19(30-17)27-20(31-18)28-9-21(10-28)4-13-1-2-14(5-21)25-13;/h3,6-8,13-14,25,29H,1-2,4-5,9-10H2,(H,23,24);1H. The summed E-state index contributed by atoms with van der Waals surface area (Å²) in [4.78, 5) is 18.3. The third kappa shape index (κ3) is 3.20. The van der Waals surface area contributed by atoms with E-state index in [1.165, 1.54) is 37.0 Å². The van der Waals surface area contributed by atoms with Gasteiger partial charge >= 0.3 is 0 Å². The van der Waals surface area contributed by atoms with Gasteiger partial charge < -0.3 is 15.3 Å². The van der Waals surface area contributed by atoms with E-state index in [2.05, 4.69) is 25.4 Å². The minimum atomic E-state index is 0. The first-order valence-electron chi connectivity index (χ1n) is 10.6. The van der Waals surface area contributed by atoms with Crippen molar-refractivity contribution in [3.8, 4) is 27.6 Å². The number of nitrogens with zero attached hydrogens (tertiary/aromatic N) is 5. The number of anilines is 1. The summed E-state index contributed by atoms with van der Waals surface area (Å²) >= 11 is 3.13. The zero-order valence-corrected chi connectivity index (χ0v) is 19.6. The predicted octanol–water partition coefficient (Wildman–Crippen LogP) is 4.05. The molecule has 3 saturated heterocycles. The van der Waals surface area contributed by atoms with Gasteiger partial charge in [-0.05, 0) is 31.7 Å². The second kappa shape index (κ2) is 7.38. The Bertz CT molecular complexity index is 1240. The summed E-state index contributed by atoms with van der Waals surface area (Å²) in [5, 5.41) is 22.8. The van der Waals surface area contributed by atoms with Crippen molar-refractivity contribution in [2.24, 2.45) is 5.41 Å². The van der Waals surface area contributed by atoms with Crippen molar-refractivity contribution >= 4 is 49.9 Å². The molecular formula is C21H22ClN7OS2. The topological polar surface area (TPSA) is 103 Å². The number of H-pyrrole nitrogens is 1. The van der Waals surface area contributed by atoms with Crippen molar-refractivity contribution in [3.63, 3.8) is 0 Å². The summed E-state index contributed by atoms with van der Waals surface area (Å²) in [6, 6.07) is 3.16. The van der Waals surface area contributed by atoms with Crippen molar-refractivity contribution in [3.05, 3.63) is 24.7 Å². The highest BCUT2D eigenvalue weighted by atomic mass is 35.5. The van der Waals surface area contributed by atoms with Gasteiger partial charge in [0.05, 0.1) is 6.20 Å². The molecule has 3 aliphatic rings. The molecule has 7 rings (SSSR count). The number of rotatable bonds is 3. The Morgan fingerprint density at radius 3 is 2.50 bits per heavy atom. The van der Waals surface area contributed by atoms with Crippen LogP contribution in [-0.2, 0) is 0 Å². The predicted molar refractivity (Wildman–Crippen MR) is 129 cm³/mol. The zero-order chi connectivity index (χ0) is 20.6. The molecule has 3 N–H and O–H groups in total. The van der Waals surface area contributed by atoms with Gasteiger partial charge in [0.15, 0.2) is 14.8 Å². The average Bonchev–Trinajstić information content (AvgIpc) is 3.50.